The SMILES string of the molecule is CC(C)CCC(C)NC(=O)c1cccc(S(=O)(=O)N2CCc3ccccc32)c1. The van der Waals surface area contributed by atoms with Crippen molar-refractivity contribution < 1.29 is 13.2 Å². The zero-order valence-corrected chi connectivity index (χ0v) is 17.5. The van der Waals surface area contributed by atoms with Gasteiger partial charge in [-0.3, -0.25) is 9.10 Å². The summed E-state index contributed by atoms with van der Waals surface area (Å²) in [7, 11) is -3.70. The molecule has 1 N–H and O–H groups in total. The summed E-state index contributed by atoms with van der Waals surface area (Å²) >= 11 is 0. The highest BCUT2D eigenvalue weighted by Gasteiger charge is 2.31. The van der Waals surface area contributed by atoms with E-state index in [9.17, 15) is 13.2 Å². The number of sulfonamides is 1. The van der Waals surface area contributed by atoms with Crippen LogP contribution in [0.1, 0.15) is 49.5 Å². The number of fused-ring (bicyclic) bond motifs is 1. The fraction of sp³-hybridized carbons (Fsp3) is 0.409. The third-order valence-corrected chi connectivity index (χ3v) is 6.89. The van der Waals surface area contributed by atoms with E-state index in [4.69, 9.17) is 0 Å². The number of amides is 1. The monoisotopic (exact) mass is 400 g/mol. The molecule has 0 bridgehead atoms. The number of benzene rings is 2. The lowest BCUT2D eigenvalue weighted by Crippen LogP contribution is -2.33. The van der Waals surface area contributed by atoms with Crippen LogP contribution in [0.2, 0.25) is 0 Å². The van der Waals surface area contributed by atoms with Crippen LogP contribution in [0.4, 0.5) is 5.69 Å². The minimum atomic E-state index is -3.70. The molecule has 0 radical (unpaired) electrons. The van der Waals surface area contributed by atoms with Crippen LogP contribution in [0.5, 0.6) is 0 Å². The van der Waals surface area contributed by atoms with E-state index in [2.05, 4.69) is 19.2 Å². The van der Waals surface area contributed by atoms with Gasteiger partial charge >= 0.3 is 0 Å². The molecule has 28 heavy (non-hydrogen) atoms. The highest BCUT2D eigenvalue weighted by molar-refractivity contribution is 7.92. The van der Waals surface area contributed by atoms with E-state index in [1.54, 1.807) is 18.2 Å². The van der Waals surface area contributed by atoms with Gasteiger partial charge in [-0.1, -0.05) is 38.1 Å². The van der Waals surface area contributed by atoms with Crippen molar-refractivity contribution in [2.75, 3.05) is 10.8 Å². The van der Waals surface area contributed by atoms with Crippen LogP contribution in [0.3, 0.4) is 0 Å². The molecule has 2 aromatic rings. The summed E-state index contributed by atoms with van der Waals surface area (Å²) in [4.78, 5) is 12.7. The minimum Gasteiger partial charge on any atom is -0.350 e. The summed E-state index contributed by atoms with van der Waals surface area (Å²) in [5.74, 6) is 0.339. The van der Waals surface area contributed by atoms with Crippen LogP contribution < -0.4 is 9.62 Å². The van der Waals surface area contributed by atoms with E-state index in [0.29, 0.717) is 24.4 Å². The first-order valence-electron chi connectivity index (χ1n) is 9.80. The smallest absolute Gasteiger partial charge is 0.264 e. The van der Waals surface area contributed by atoms with Crippen LogP contribution in [0.15, 0.2) is 53.4 Å². The molecule has 6 heteroatoms. The van der Waals surface area contributed by atoms with Gasteiger partial charge in [0.1, 0.15) is 0 Å². The van der Waals surface area contributed by atoms with E-state index >= 15 is 0 Å². The second-order valence-electron chi connectivity index (χ2n) is 7.83. The number of hydrogen-bond acceptors (Lipinski definition) is 3. The van der Waals surface area contributed by atoms with Gasteiger partial charge in [-0.25, -0.2) is 8.42 Å². The Balaban J connectivity index is 1.78. The number of carbonyl (C=O) groups excluding carboxylic acids is 1. The molecule has 0 fully saturated rings. The molecule has 1 amide bonds. The Bertz CT molecular complexity index is 954. The van der Waals surface area contributed by atoms with Crippen molar-refractivity contribution in [2.45, 2.75) is 51.0 Å². The average molecular weight is 401 g/mol. The second kappa shape index (κ2) is 8.35. The Morgan fingerprint density at radius 3 is 2.57 bits per heavy atom. The maximum Gasteiger partial charge on any atom is 0.264 e. The molecule has 1 unspecified atom stereocenters. The molecule has 0 spiro atoms. The average Bonchev–Trinajstić information content (AvgIpc) is 3.11. The molecular weight excluding hydrogens is 372 g/mol. The second-order valence-corrected chi connectivity index (χ2v) is 9.69. The lowest BCUT2D eigenvalue weighted by molar-refractivity contribution is 0.0937. The summed E-state index contributed by atoms with van der Waals surface area (Å²) in [5, 5.41) is 2.97. The van der Waals surface area contributed by atoms with Gasteiger partial charge in [0.05, 0.1) is 10.6 Å². The Morgan fingerprint density at radius 1 is 1.07 bits per heavy atom. The van der Waals surface area contributed by atoms with Gasteiger partial charge in [-0.05, 0) is 61.9 Å². The predicted octanol–water partition coefficient (Wildman–Crippen LogP) is 3.99. The van der Waals surface area contributed by atoms with Crippen molar-refractivity contribution in [3.8, 4) is 0 Å². The molecular formula is C22H28N2O3S. The molecule has 3 rings (SSSR count). The van der Waals surface area contributed by atoms with Crippen molar-refractivity contribution in [3.05, 3.63) is 59.7 Å². The third kappa shape index (κ3) is 4.38. The lowest BCUT2D eigenvalue weighted by atomic mass is 10.0. The van der Waals surface area contributed by atoms with Crippen molar-refractivity contribution in [2.24, 2.45) is 5.92 Å². The molecule has 0 saturated heterocycles. The Morgan fingerprint density at radius 2 is 1.82 bits per heavy atom. The zero-order valence-electron chi connectivity index (χ0n) is 16.7. The standard InChI is InChI=1S/C22H28N2O3S/c1-16(2)11-12-17(3)23-22(25)19-8-6-9-20(15-19)28(26,27)24-14-13-18-7-4-5-10-21(18)24/h4-10,15-17H,11-14H2,1-3H3,(H,23,25). The van der Waals surface area contributed by atoms with Gasteiger partial charge in [0.2, 0.25) is 0 Å². The predicted molar refractivity (Wildman–Crippen MR) is 112 cm³/mol. The van der Waals surface area contributed by atoms with Crippen molar-refractivity contribution in [1.29, 1.82) is 0 Å². The van der Waals surface area contributed by atoms with Crippen LogP contribution in [0.25, 0.3) is 0 Å². The van der Waals surface area contributed by atoms with Gasteiger partial charge in [0.25, 0.3) is 15.9 Å². The van der Waals surface area contributed by atoms with E-state index in [-0.39, 0.29) is 16.8 Å². The van der Waals surface area contributed by atoms with Gasteiger partial charge < -0.3 is 5.32 Å². The quantitative estimate of drug-likeness (QED) is 0.764. The van der Waals surface area contributed by atoms with Crippen LogP contribution >= 0.6 is 0 Å². The van der Waals surface area contributed by atoms with E-state index in [1.165, 1.54) is 10.4 Å². The Kier molecular flexibility index (Phi) is 6.08. The van der Waals surface area contributed by atoms with Crippen molar-refractivity contribution >= 4 is 21.6 Å². The Hall–Kier alpha value is -2.34. The molecule has 5 nitrogen and oxygen atoms in total. The highest BCUT2D eigenvalue weighted by Crippen LogP contribution is 2.32. The number of rotatable bonds is 7. The first-order chi connectivity index (χ1) is 13.3. The highest BCUT2D eigenvalue weighted by atomic mass is 32.2. The topological polar surface area (TPSA) is 66.5 Å². The van der Waals surface area contributed by atoms with E-state index < -0.39 is 10.0 Å². The van der Waals surface area contributed by atoms with Crippen molar-refractivity contribution in [3.63, 3.8) is 0 Å². The number of hydrogen-bond donors (Lipinski definition) is 1. The summed E-state index contributed by atoms with van der Waals surface area (Å²) in [6.07, 6.45) is 2.62. The van der Waals surface area contributed by atoms with Crippen LogP contribution in [-0.4, -0.2) is 26.9 Å². The summed E-state index contributed by atoms with van der Waals surface area (Å²) in [6.45, 7) is 6.70. The summed E-state index contributed by atoms with van der Waals surface area (Å²) < 4.78 is 27.8. The van der Waals surface area contributed by atoms with Gasteiger partial charge in [0.15, 0.2) is 0 Å². The van der Waals surface area contributed by atoms with Gasteiger partial charge in [-0.2, -0.15) is 0 Å². The van der Waals surface area contributed by atoms with Gasteiger partial charge in [0, 0.05) is 18.2 Å². The Labute approximate surface area is 167 Å². The summed E-state index contributed by atoms with van der Waals surface area (Å²) in [6, 6.07) is 13.9. The molecule has 0 aliphatic carbocycles. The lowest BCUT2D eigenvalue weighted by Gasteiger charge is -2.20. The van der Waals surface area contributed by atoms with E-state index in [1.807, 2.05) is 31.2 Å². The fourth-order valence-electron chi connectivity index (χ4n) is 3.45. The van der Waals surface area contributed by atoms with E-state index in [0.717, 1.165) is 24.1 Å². The maximum absolute atomic E-state index is 13.2. The molecule has 1 aliphatic heterocycles. The number of nitrogens with one attached hydrogen (secondary N) is 1. The molecule has 2 aromatic carbocycles. The normalized spacial score (nSPS) is 14.8. The molecule has 0 saturated carbocycles. The largest absolute Gasteiger partial charge is 0.350 e. The zero-order chi connectivity index (χ0) is 20.3. The first-order valence-corrected chi connectivity index (χ1v) is 11.2. The number of anilines is 1. The minimum absolute atomic E-state index is 0.0422. The number of para-hydroxylation sites is 1. The van der Waals surface area contributed by atoms with Crippen LogP contribution in [-0.2, 0) is 16.4 Å². The molecule has 1 atom stereocenters. The third-order valence-electron chi connectivity index (χ3n) is 5.08. The summed E-state index contributed by atoms with van der Waals surface area (Å²) in [5.41, 5.74) is 2.11. The number of carbonyl (C=O) groups is 1. The maximum atomic E-state index is 13.2. The number of nitrogens with zero attached hydrogens (tertiary/aromatic N) is 1. The molecule has 150 valence electrons. The van der Waals surface area contributed by atoms with Crippen LogP contribution in [0, 0.1) is 5.92 Å². The molecule has 1 aliphatic rings. The van der Waals surface area contributed by atoms with Crippen molar-refractivity contribution in [1.82, 2.24) is 5.32 Å². The first kappa shape index (κ1) is 20.4. The molecule has 0 aromatic heterocycles. The van der Waals surface area contributed by atoms with Gasteiger partial charge in [-0.15, -0.1) is 0 Å². The fourth-order valence-corrected chi connectivity index (χ4v) is 4.99. The molecule has 1 heterocycles.